The van der Waals surface area contributed by atoms with E-state index in [9.17, 15) is 4.79 Å². The Hall–Kier alpha value is -1.26. The first-order valence-electron chi connectivity index (χ1n) is 7.17. The maximum atomic E-state index is 11.4. The van der Waals surface area contributed by atoms with Crippen LogP contribution >= 0.6 is 11.6 Å². The number of piperidine rings is 2. The van der Waals surface area contributed by atoms with E-state index in [1.165, 1.54) is 0 Å². The Morgan fingerprint density at radius 1 is 1.40 bits per heavy atom. The lowest BCUT2D eigenvalue weighted by molar-refractivity contribution is -0.125. The average Bonchev–Trinajstić information content (AvgIpc) is 2.43. The van der Waals surface area contributed by atoms with Crippen LogP contribution in [0.15, 0.2) is 18.2 Å². The molecule has 4 nitrogen and oxygen atoms in total. The van der Waals surface area contributed by atoms with Crippen LogP contribution < -0.4 is 11.1 Å². The lowest BCUT2D eigenvalue weighted by Gasteiger charge is -2.41. The lowest BCUT2D eigenvalue weighted by Crippen LogP contribution is -2.53. The third-order valence-corrected chi connectivity index (χ3v) is 4.74. The van der Waals surface area contributed by atoms with Gasteiger partial charge in [-0.25, -0.2) is 0 Å². The predicted molar refractivity (Wildman–Crippen MR) is 80.4 cm³/mol. The molecule has 20 heavy (non-hydrogen) atoms. The van der Waals surface area contributed by atoms with E-state index < -0.39 is 0 Å². The number of hydrogen-bond donors (Lipinski definition) is 2. The third-order valence-electron chi connectivity index (χ3n) is 4.37. The van der Waals surface area contributed by atoms with Crippen LogP contribution in [0.4, 0.5) is 5.69 Å². The Kier molecular flexibility index (Phi) is 3.85. The van der Waals surface area contributed by atoms with Gasteiger partial charge in [0.25, 0.3) is 0 Å². The number of likely N-dealkylation sites (tertiary alicyclic amines) is 1. The van der Waals surface area contributed by atoms with Crippen LogP contribution in [0, 0.1) is 5.92 Å². The van der Waals surface area contributed by atoms with Crippen molar-refractivity contribution in [3.63, 3.8) is 0 Å². The molecule has 5 heteroatoms. The molecule has 2 saturated heterocycles. The molecule has 108 valence electrons. The summed E-state index contributed by atoms with van der Waals surface area (Å²) in [5.41, 5.74) is 7.67. The maximum Gasteiger partial charge on any atom is 0.220 e. The van der Waals surface area contributed by atoms with Gasteiger partial charge in [0.15, 0.2) is 0 Å². The van der Waals surface area contributed by atoms with Crippen LogP contribution in [0.2, 0.25) is 5.02 Å². The van der Waals surface area contributed by atoms with Crippen molar-refractivity contribution >= 4 is 23.2 Å². The largest absolute Gasteiger partial charge is 0.399 e. The number of nitrogens with two attached hydrogens (primary N) is 1. The number of benzene rings is 1. The molecule has 2 aliphatic heterocycles. The number of carbonyl (C=O) groups is 1. The molecule has 2 aliphatic rings. The fraction of sp³-hybridized carbons (Fsp3) is 0.533. The Labute approximate surface area is 124 Å². The molecule has 1 amide bonds. The Morgan fingerprint density at radius 3 is 3.10 bits per heavy atom. The van der Waals surface area contributed by atoms with Crippen molar-refractivity contribution in [1.29, 1.82) is 0 Å². The summed E-state index contributed by atoms with van der Waals surface area (Å²) in [7, 11) is 0. The first-order valence-corrected chi connectivity index (χ1v) is 7.55. The molecule has 0 aliphatic carbocycles. The van der Waals surface area contributed by atoms with Gasteiger partial charge in [0.2, 0.25) is 5.91 Å². The highest BCUT2D eigenvalue weighted by Gasteiger charge is 2.33. The van der Waals surface area contributed by atoms with Gasteiger partial charge in [0, 0.05) is 42.8 Å². The molecule has 2 heterocycles. The van der Waals surface area contributed by atoms with Gasteiger partial charge in [-0.3, -0.25) is 9.69 Å². The van der Waals surface area contributed by atoms with Gasteiger partial charge in [-0.05, 0) is 42.5 Å². The second-order valence-corrected chi connectivity index (χ2v) is 6.25. The number of hydrogen-bond acceptors (Lipinski definition) is 3. The quantitative estimate of drug-likeness (QED) is 0.820. The first-order chi connectivity index (χ1) is 9.61. The molecule has 0 radical (unpaired) electrons. The van der Waals surface area contributed by atoms with E-state index in [-0.39, 0.29) is 5.91 Å². The summed E-state index contributed by atoms with van der Waals surface area (Å²) in [5, 5.41) is 3.89. The summed E-state index contributed by atoms with van der Waals surface area (Å²) in [4.78, 5) is 13.8. The highest BCUT2D eigenvalue weighted by molar-refractivity contribution is 6.31. The number of nitrogens with zero attached hydrogens (tertiary/aromatic N) is 1. The molecule has 3 N–H and O–H groups in total. The molecule has 2 atom stereocenters. The smallest absolute Gasteiger partial charge is 0.220 e. The van der Waals surface area contributed by atoms with Crippen LogP contribution in [0.3, 0.4) is 0 Å². The number of carbonyl (C=O) groups excluding carboxylic acids is 1. The van der Waals surface area contributed by atoms with Gasteiger partial charge in [-0.15, -0.1) is 0 Å². The predicted octanol–water partition coefficient (Wildman–Crippen LogP) is 2.02. The second kappa shape index (κ2) is 5.62. The van der Waals surface area contributed by atoms with E-state index in [2.05, 4.69) is 10.2 Å². The molecule has 0 aromatic heterocycles. The minimum Gasteiger partial charge on any atom is -0.399 e. The van der Waals surface area contributed by atoms with Crippen LogP contribution in [0.5, 0.6) is 0 Å². The number of fused-ring (bicyclic) bond motifs is 1. The zero-order chi connectivity index (χ0) is 14.1. The van der Waals surface area contributed by atoms with Gasteiger partial charge < -0.3 is 11.1 Å². The van der Waals surface area contributed by atoms with Crippen LogP contribution in [0.1, 0.15) is 24.8 Å². The highest BCUT2D eigenvalue weighted by Crippen LogP contribution is 2.28. The fourth-order valence-electron chi connectivity index (χ4n) is 3.29. The van der Waals surface area contributed by atoms with Gasteiger partial charge in [-0.2, -0.15) is 0 Å². The highest BCUT2D eigenvalue weighted by atomic mass is 35.5. The molecular formula is C15H20ClN3O. The molecule has 0 spiro atoms. The molecule has 1 aromatic rings. The van der Waals surface area contributed by atoms with E-state index in [1.54, 1.807) is 0 Å². The van der Waals surface area contributed by atoms with Gasteiger partial charge in [0.1, 0.15) is 0 Å². The number of halogens is 1. The maximum absolute atomic E-state index is 11.4. The van der Waals surface area contributed by atoms with Crippen LogP contribution in [0.25, 0.3) is 0 Å². The van der Waals surface area contributed by atoms with E-state index >= 15 is 0 Å². The molecule has 0 bridgehead atoms. The molecule has 2 unspecified atom stereocenters. The summed E-state index contributed by atoms with van der Waals surface area (Å²) in [5.74, 6) is 0.778. The molecule has 1 aromatic carbocycles. The van der Waals surface area contributed by atoms with Gasteiger partial charge in [0.05, 0.1) is 0 Å². The number of anilines is 1. The number of nitrogen functional groups attached to an aromatic ring is 1. The zero-order valence-electron chi connectivity index (χ0n) is 11.4. The van der Waals surface area contributed by atoms with Crippen molar-refractivity contribution < 1.29 is 4.79 Å². The van der Waals surface area contributed by atoms with Crippen molar-refractivity contribution in [1.82, 2.24) is 10.2 Å². The fourth-order valence-corrected chi connectivity index (χ4v) is 3.46. The van der Waals surface area contributed by atoms with E-state index in [4.69, 9.17) is 17.3 Å². The minimum atomic E-state index is 0.207. The van der Waals surface area contributed by atoms with Crippen molar-refractivity contribution in [2.45, 2.75) is 31.8 Å². The van der Waals surface area contributed by atoms with Crippen molar-refractivity contribution in [2.75, 3.05) is 18.8 Å². The molecule has 3 rings (SSSR count). The van der Waals surface area contributed by atoms with Crippen molar-refractivity contribution in [3.8, 4) is 0 Å². The minimum absolute atomic E-state index is 0.207. The molecule has 2 fully saturated rings. The topological polar surface area (TPSA) is 58.4 Å². The summed E-state index contributed by atoms with van der Waals surface area (Å²) in [6, 6.07) is 6.01. The first kappa shape index (κ1) is 13.7. The number of amides is 1. The summed E-state index contributed by atoms with van der Waals surface area (Å²) in [6.45, 7) is 2.85. The van der Waals surface area contributed by atoms with Gasteiger partial charge in [-0.1, -0.05) is 11.6 Å². The Morgan fingerprint density at radius 2 is 2.25 bits per heavy atom. The van der Waals surface area contributed by atoms with Crippen LogP contribution in [-0.2, 0) is 11.3 Å². The van der Waals surface area contributed by atoms with E-state index in [0.29, 0.717) is 18.4 Å². The Bertz CT molecular complexity index is 520. The molecule has 0 saturated carbocycles. The summed E-state index contributed by atoms with van der Waals surface area (Å²) < 4.78 is 0. The van der Waals surface area contributed by atoms with Crippen molar-refractivity contribution in [3.05, 3.63) is 28.8 Å². The number of rotatable bonds is 2. The zero-order valence-corrected chi connectivity index (χ0v) is 12.2. The monoisotopic (exact) mass is 293 g/mol. The van der Waals surface area contributed by atoms with Crippen molar-refractivity contribution in [2.24, 2.45) is 5.92 Å². The third kappa shape index (κ3) is 2.91. The lowest BCUT2D eigenvalue weighted by atomic mass is 9.85. The Balaban J connectivity index is 1.65. The summed E-state index contributed by atoms with van der Waals surface area (Å²) >= 11 is 6.23. The van der Waals surface area contributed by atoms with E-state index in [1.807, 2.05) is 18.2 Å². The number of nitrogens with one attached hydrogen (secondary N) is 1. The van der Waals surface area contributed by atoms with Gasteiger partial charge >= 0.3 is 0 Å². The van der Waals surface area contributed by atoms with E-state index in [0.717, 1.165) is 48.7 Å². The second-order valence-electron chi connectivity index (χ2n) is 5.85. The normalized spacial score (nSPS) is 26.9. The molecular weight excluding hydrogens is 274 g/mol. The summed E-state index contributed by atoms with van der Waals surface area (Å²) in [6.07, 6.45) is 2.68. The standard InChI is InChI=1S/C15H20ClN3O/c16-13-3-2-12(17)7-11(13)9-19-6-5-14-10(8-19)1-4-15(20)18-14/h2-3,7,10,14H,1,4-6,8-9,17H2,(H,18,20). The van der Waals surface area contributed by atoms with Crippen LogP contribution in [-0.4, -0.2) is 29.9 Å². The average molecular weight is 294 g/mol. The SMILES string of the molecule is Nc1ccc(Cl)c(CN2CCC3NC(=O)CCC3C2)c1.